The number of rotatable bonds is 10. The summed E-state index contributed by atoms with van der Waals surface area (Å²) >= 11 is 0. The van der Waals surface area contributed by atoms with E-state index in [0.29, 0.717) is 30.5 Å². The van der Waals surface area contributed by atoms with Gasteiger partial charge in [-0.05, 0) is 24.6 Å². The average molecular weight is 551 g/mol. The molecule has 0 saturated carbocycles. The van der Waals surface area contributed by atoms with Crippen LogP contribution in [-0.4, -0.2) is 45.9 Å². The summed E-state index contributed by atoms with van der Waals surface area (Å²) in [7, 11) is 1.75. The third kappa shape index (κ3) is 7.36. The van der Waals surface area contributed by atoms with Gasteiger partial charge in [-0.2, -0.15) is 0 Å². The molecule has 0 fully saturated rings. The molecule has 0 bridgehead atoms. The molecule has 2 aromatic heterocycles. The molecule has 0 spiro atoms. The van der Waals surface area contributed by atoms with Gasteiger partial charge in [-0.15, -0.1) is 34.2 Å². The van der Waals surface area contributed by atoms with Crippen LogP contribution in [0.4, 0.5) is 0 Å². The Labute approximate surface area is 205 Å². The lowest BCUT2D eigenvalue weighted by Crippen LogP contribution is -2.38. The van der Waals surface area contributed by atoms with E-state index >= 15 is 0 Å². The second kappa shape index (κ2) is 13.5. The molecule has 1 aromatic carbocycles. The summed E-state index contributed by atoms with van der Waals surface area (Å²) in [5, 5.41) is 14.6. The Morgan fingerprint density at radius 1 is 1.09 bits per heavy atom. The summed E-state index contributed by atoms with van der Waals surface area (Å²) in [4.78, 5) is 8.66. The number of aliphatic imine (C=N–C) groups is 1. The van der Waals surface area contributed by atoms with Crippen molar-refractivity contribution in [3.8, 4) is 17.4 Å². The number of nitrogens with zero attached hydrogens (tertiary/aromatic N) is 5. The van der Waals surface area contributed by atoms with Crippen LogP contribution in [0.25, 0.3) is 0 Å². The Morgan fingerprint density at radius 3 is 2.59 bits per heavy atom. The van der Waals surface area contributed by atoms with Gasteiger partial charge >= 0.3 is 0 Å². The van der Waals surface area contributed by atoms with Gasteiger partial charge in [0.25, 0.3) is 0 Å². The minimum Gasteiger partial charge on any atom is -0.490 e. The number of hydrogen-bond donors (Lipinski definition) is 2. The number of aromatic nitrogens is 4. The van der Waals surface area contributed by atoms with E-state index in [1.165, 1.54) is 0 Å². The summed E-state index contributed by atoms with van der Waals surface area (Å²) in [5.41, 5.74) is 1.01. The molecule has 2 heterocycles. The molecule has 172 valence electrons. The third-order valence-corrected chi connectivity index (χ3v) is 4.50. The zero-order valence-corrected chi connectivity index (χ0v) is 20.9. The van der Waals surface area contributed by atoms with E-state index < -0.39 is 0 Å². The summed E-state index contributed by atoms with van der Waals surface area (Å²) in [5.74, 6) is 3.55. The van der Waals surface area contributed by atoms with Crippen LogP contribution < -0.4 is 20.1 Å². The molecule has 2 N–H and O–H groups in total. The van der Waals surface area contributed by atoms with Crippen molar-refractivity contribution in [2.75, 3.05) is 20.2 Å². The number of benzene rings is 1. The molecule has 32 heavy (non-hydrogen) atoms. The minimum absolute atomic E-state index is 0. The highest BCUT2D eigenvalue weighted by Gasteiger charge is 2.07. The fraction of sp³-hybridized carbons (Fsp3) is 0.364. The Hall–Kier alpha value is -2.89. The predicted molar refractivity (Wildman–Crippen MR) is 135 cm³/mol. The molecular weight excluding hydrogens is 521 g/mol. The van der Waals surface area contributed by atoms with E-state index in [4.69, 9.17) is 9.47 Å². The van der Waals surface area contributed by atoms with Crippen LogP contribution in [0, 0.1) is 0 Å². The smallest absolute Gasteiger partial charge is 0.219 e. The molecule has 9 nitrogen and oxygen atoms in total. The number of para-hydroxylation sites is 2. The summed E-state index contributed by atoms with van der Waals surface area (Å²) in [6.45, 7) is 6.66. The van der Waals surface area contributed by atoms with Crippen LogP contribution >= 0.6 is 24.0 Å². The van der Waals surface area contributed by atoms with Crippen LogP contribution in [-0.2, 0) is 19.5 Å². The third-order valence-electron chi connectivity index (χ3n) is 4.50. The van der Waals surface area contributed by atoms with Crippen LogP contribution in [0.1, 0.15) is 25.2 Å². The highest BCUT2D eigenvalue weighted by atomic mass is 127. The van der Waals surface area contributed by atoms with Crippen molar-refractivity contribution >= 4 is 29.9 Å². The van der Waals surface area contributed by atoms with Gasteiger partial charge in [-0.25, -0.2) is 4.98 Å². The lowest BCUT2D eigenvalue weighted by Gasteiger charge is -2.13. The first-order valence-electron chi connectivity index (χ1n) is 10.4. The Balaban J connectivity index is 0.00000363. The van der Waals surface area contributed by atoms with Gasteiger partial charge in [0.15, 0.2) is 17.5 Å². The predicted octanol–water partition coefficient (Wildman–Crippen LogP) is 3.41. The molecule has 0 aliphatic heterocycles. The fourth-order valence-electron chi connectivity index (χ4n) is 2.94. The topological polar surface area (TPSA) is 98.5 Å². The molecular formula is C22H30IN7O2. The SMILES string of the molecule is CCOc1ccccc1Oc1ccc(CNC(=NC)NCCn2cnnc2CC)cn1.I. The standard InChI is InChI=1S/C22H29N7O2.HI/c1-4-20-28-27-16-29(20)13-12-24-22(23-3)26-15-17-10-11-21(25-14-17)31-19-9-7-6-8-18(19)30-5-2;/h6-11,14,16H,4-5,12-13,15H2,1-3H3,(H2,23,24,26);1H. The van der Waals surface area contributed by atoms with E-state index in [1.807, 2.05) is 47.9 Å². The highest BCUT2D eigenvalue weighted by molar-refractivity contribution is 14.0. The lowest BCUT2D eigenvalue weighted by atomic mass is 10.3. The lowest BCUT2D eigenvalue weighted by molar-refractivity contribution is 0.319. The first kappa shape index (κ1) is 25.4. The molecule has 0 unspecified atom stereocenters. The number of nitrogens with one attached hydrogen (secondary N) is 2. The molecule has 0 amide bonds. The van der Waals surface area contributed by atoms with Gasteiger partial charge in [-0.3, -0.25) is 4.99 Å². The fourth-order valence-corrected chi connectivity index (χ4v) is 2.94. The number of guanidine groups is 1. The van der Waals surface area contributed by atoms with E-state index in [1.54, 1.807) is 19.6 Å². The quantitative estimate of drug-likeness (QED) is 0.227. The van der Waals surface area contributed by atoms with Crippen molar-refractivity contribution in [2.45, 2.75) is 33.4 Å². The van der Waals surface area contributed by atoms with Crippen LogP contribution in [0.15, 0.2) is 53.9 Å². The number of ether oxygens (including phenoxy) is 2. The van der Waals surface area contributed by atoms with E-state index in [0.717, 1.165) is 36.9 Å². The normalized spacial score (nSPS) is 10.9. The Kier molecular flexibility index (Phi) is 10.7. The maximum absolute atomic E-state index is 5.87. The molecule has 3 rings (SSSR count). The number of hydrogen-bond acceptors (Lipinski definition) is 6. The molecule has 0 aliphatic rings. The van der Waals surface area contributed by atoms with Crippen molar-refractivity contribution in [1.82, 2.24) is 30.4 Å². The maximum atomic E-state index is 5.87. The maximum Gasteiger partial charge on any atom is 0.219 e. The zero-order valence-electron chi connectivity index (χ0n) is 18.6. The molecule has 10 heteroatoms. The number of halogens is 1. The number of pyridine rings is 1. The van der Waals surface area contributed by atoms with Gasteiger partial charge in [-0.1, -0.05) is 25.1 Å². The molecule has 0 radical (unpaired) electrons. The van der Waals surface area contributed by atoms with Gasteiger partial charge in [0.2, 0.25) is 5.88 Å². The second-order valence-electron chi connectivity index (χ2n) is 6.63. The highest BCUT2D eigenvalue weighted by Crippen LogP contribution is 2.30. The van der Waals surface area contributed by atoms with Gasteiger partial charge in [0, 0.05) is 45.4 Å². The minimum atomic E-state index is 0. The number of aryl methyl sites for hydroxylation is 1. The zero-order chi connectivity index (χ0) is 21.9. The summed E-state index contributed by atoms with van der Waals surface area (Å²) in [6.07, 6.45) is 4.39. The van der Waals surface area contributed by atoms with E-state index in [2.05, 4.69) is 37.7 Å². The van der Waals surface area contributed by atoms with Crippen LogP contribution in [0.5, 0.6) is 17.4 Å². The Bertz CT molecular complexity index is 976. The monoisotopic (exact) mass is 551 g/mol. The average Bonchev–Trinajstić information content (AvgIpc) is 3.26. The molecule has 0 saturated heterocycles. The van der Waals surface area contributed by atoms with Crippen LogP contribution in [0.2, 0.25) is 0 Å². The van der Waals surface area contributed by atoms with Crippen LogP contribution in [0.3, 0.4) is 0 Å². The summed E-state index contributed by atoms with van der Waals surface area (Å²) < 4.78 is 13.5. The molecule has 3 aromatic rings. The van der Waals surface area contributed by atoms with Crippen molar-refractivity contribution in [3.05, 3.63) is 60.3 Å². The van der Waals surface area contributed by atoms with Gasteiger partial charge in [0.1, 0.15) is 12.2 Å². The summed E-state index contributed by atoms with van der Waals surface area (Å²) in [6, 6.07) is 11.4. The largest absolute Gasteiger partial charge is 0.490 e. The van der Waals surface area contributed by atoms with E-state index in [9.17, 15) is 0 Å². The van der Waals surface area contributed by atoms with Crippen molar-refractivity contribution in [3.63, 3.8) is 0 Å². The molecule has 0 atom stereocenters. The molecule has 0 aliphatic carbocycles. The van der Waals surface area contributed by atoms with Gasteiger partial charge in [0.05, 0.1) is 6.61 Å². The second-order valence-corrected chi connectivity index (χ2v) is 6.63. The van der Waals surface area contributed by atoms with Gasteiger partial charge < -0.3 is 24.7 Å². The van der Waals surface area contributed by atoms with Crippen molar-refractivity contribution in [1.29, 1.82) is 0 Å². The Morgan fingerprint density at radius 2 is 1.91 bits per heavy atom. The van der Waals surface area contributed by atoms with Crippen molar-refractivity contribution in [2.24, 2.45) is 4.99 Å². The van der Waals surface area contributed by atoms with Crippen molar-refractivity contribution < 1.29 is 9.47 Å². The first-order valence-corrected chi connectivity index (χ1v) is 10.4. The van der Waals surface area contributed by atoms with E-state index in [-0.39, 0.29) is 24.0 Å². The first-order chi connectivity index (χ1) is 15.2.